The van der Waals surface area contributed by atoms with Crippen LogP contribution in [0.25, 0.3) is 0 Å². The van der Waals surface area contributed by atoms with Crippen molar-refractivity contribution in [1.82, 2.24) is 5.32 Å². The topological polar surface area (TPSA) is 54.3 Å². The van der Waals surface area contributed by atoms with Crippen molar-refractivity contribution >= 4 is 23.4 Å². The number of alkyl halides is 2. The highest BCUT2D eigenvalue weighted by Crippen LogP contribution is 2.21. The van der Waals surface area contributed by atoms with E-state index in [2.05, 4.69) is 10.6 Å². The first kappa shape index (κ1) is 17.5. The van der Waals surface area contributed by atoms with E-state index in [0.717, 1.165) is 11.3 Å². The number of carbonyl (C=O) groups excluding carboxylic acids is 1. The Morgan fingerprint density at radius 2 is 2.00 bits per heavy atom. The van der Waals surface area contributed by atoms with Crippen LogP contribution in [0.5, 0.6) is 0 Å². The maximum absolute atomic E-state index is 12.1. The number of nitrogens with one attached hydrogen (secondary N) is 2. The van der Waals surface area contributed by atoms with Crippen molar-refractivity contribution < 1.29 is 18.0 Å². The Hall–Kier alpha value is -1.86. The summed E-state index contributed by atoms with van der Waals surface area (Å²) >= 11 is 0.543. The lowest BCUT2D eigenvalue weighted by Gasteiger charge is -2.06. The van der Waals surface area contributed by atoms with Crippen molar-refractivity contribution in [1.29, 1.82) is 0 Å². The van der Waals surface area contributed by atoms with E-state index in [1.54, 1.807) is 12.1 Å². The summed E-state index contributed by atoms with van der Waals surface area (Å²) in [6.07, 6.45) is 0. The molecule has 0 atom stereocenters. The summed E-state index contributed by atoms with van der Waals surface area (Å²) in [6, 6.07) is 11.0. The molecule has 4 nitrogen and oxygen atoms in total. The van der Waals surface area contributed by atoms with Crippen molar-refractivity contribution in [3.8, 4) is 0 Å². The van der Waals surface area contributed by atoms with Gasteiger partial charge in [-0.15, -0.1) is 0 Å². The second-order valence-corrected chi connectivity index (χ2v) is 5.90. The van der Waals surface area contributed by atoms with E-state index in [0.29, 0.717) is 36.4 Å². The summed E-state index contributed by atoms with van der Waals surface area (Å²) < 4.78 is 29.7. The van der Waals surface area contributed by atoms with Crippen LogP contribution in [0, 0.1) is 0 Å². The zero-order valence-corrected chi connectivity index (χ0v) is 13.5. The second kappa shape index (κ2) is 8.69. The maximum Gasteiger partial charge on any atom is 0.284 e. The molecular formula is C16H18F2N2O2S. The molecule has 0 saturated carbocycles. The van der Waals surface area contributed by atoms with E-state index in [9.17, 15) is 13.6 Å². The number of rotatable bonds is 8. The van der Waals surface area contributed by atoms with Crippen LogP contribution in [-0.4, -0.2) is 11.7 Å². The first-order valence-corrected chi connectivity index (χ1v) is 8.12. The lowest BCUT2D eigenvalue weighted by molar-refractivity contribution is -0.114. The Morgan fingerprint density at radius 3 is 2.74 bits per heavy atom. The van der Waals surface area contributed by atoms with Gasteiger partial charge >= 0.3 is 0 Å². The standard InChI is InChI=1S/C16H18F2N2O2S/c1-11(21)20-13-4-2-3-12(7-13)8-19-9-14-5-6-15(22-14)10-23-16(17)18/h2-7,16,19H,8-10H2,1H3,(H,20,21). The van der Waals surface area contributed by atoms with Crippen LogP contribution in [0.1, 0.15) is 24.0 Å². The van der Waals surface area contributed by atoms with Gasteiger partial charge in [0.15, 0.2) is 0 Å². The third-order valence-corrected chi connectivity index (χ3v) is 3.65. The lowest BCUT2D eigenvalue weighted by atomic mass is 10.2. The van der Waals surface area contributed by atoms with Gasteiger partial charge in [-0.05, 0) is 29.8 Å². The number of hydrogen-bond acceptors (Lipinski definition) is 4. The predicted molar refractivity (Wildman–Crippen MR) is 87.3 cm³/mol. The Labute approximate surface area is 137 Å². The van der Waals surface area contributed by atoms with Crippen molar-refractivity contribution in [3.63, 3.8) is 0 Å². The van der Waals surface area contributed by atoms with Crippen molar-refractivity contribution in [2.24, 2.45) is 0 Å². The molecule has 23 heavy (non-hydrogen) atoms. The Balaban J connectivity index is 1.79. The Kier molecular flexibility index (Phi) is 6.61. The Bertz CT molecular complexity index is 647. The highest BCUT2D eigenvalue weighted by atomic mass is 32.2. The summed E-state index contributed by atoms with van der Waals surface area (Å²) in [5.41, 5.74) is 1.78. The van der Waals surface area contributed by atoms with E-state index in [-0.39, 0.29) is 11.7 Å². The van der Waals surface area contributed by atoms with E-state index in [1.165, 1.54) is 6.92 Å². The van der Waals surface area contributed by atoms with E-state index < -0.39 is 5.76 Å². The largest absolute Gasteiger partial charge is 0.464 e. The number of thioether (sulfide) groups is 1. The molecule has 0 aliphatic carbocycles. The number of benzene rings is 1. The third-order valence-electron chi connectivity index (χ3n) is 2.94. The minimum Gasteiger partial charge on any atom is -0.464 e. The van der Waals surface area contributed by atoms with Gasteiger partial charge in [0, 0.05) is 19.2 Å². The highest BCUT2D eigenvalue weighted by molar-refractivity contribution is 7.98. The predicted octanol–water partition coefficient (Wildman–Crippen LogP) is 3.98. The van der Waals surface area contributed by atoms with Gasteiger partial charge in [-0.1, -0.05) is 23.9 Å². The smallest absolute Gasteiger partial charge is 0.284 e. The second-order valence-electron chi connectivity index (χ2n) is 4.92. The highest BCUT2D eigenvalue weighted by Gasteiger charge is 2.07. The molecule has 0 saturated heterocycles. The molecule has 1 heterocycles. The summed E-state index contributed by atoms with van der Waals surface area (Å²) in [5, 5.41) is 5.95. The van der Waals surface area contributed by atoms with Crippen LogP contribution < -0.4 is 10.6 Å². The SMILES string of the molecule is CC(=O)Nc1cccc(CNCc2ccc(CSC(F)F)o2)c1. The number of carbonyl (C=O) groups is 1. The number of amides is 1. The van der Waals surface area contributed by atoms with E-state index >= 15 is 0 Å². The third kappa shape index (κ3) is 6.42. The number of halogens is 2. The lowest BCUT2D eigenvalue weighted by Crippen LogP contribution is -2.12. The fourth-order valence-electron chi connectivity index (χ4n) is 2.03. The molecular weight excluding hydrogens is 322 g/mol. The molecule has 1 aromatic heterocycles. The van der Waals surface area contributed by atoms with Crippen LogP contribution in [0.3, 0.4) is 0 Å². The number of hydrogen-bond donors (Lipinski definition) is 2. The van der Waals surface area contributed by atoms with Crippen molar-refractivity contribution in [3.05, 3.63) is 53.5 Å². The van der Waals surface area contributed by atoms with Crippen LogP contribution >= 0.6 is 11.8 Å². The summed E-state index contributed by atoms with van der Waals surface area (Å²) in [5.74, 6) is -1.10. The first-order valence-electron chi connectivity index (χ1n) is 7.07. The van der Waals surface area contributed by atoms with Crippen LogP contribution in [0.4, 0.5) is 14.5 Å². The van der Waals surface area contributed by atoms with Crippen LogP contribution in [0.2, 0.25) is 0 Å². The molecule has 0 aliphatic heterocycles. The number of anilines is 1. The van der Waals surface area contributed by atoms with Gasteiger partial charge in [-0.3, -0.25) is 4.79 Å². The molecule has 2 rings (SSSR count). The molecule has 2 aromatic rings. The Morgan fingerprint density at radius 1 is 1.22 bits per heavy atom. The maximum atomic E-state index is 12.1. The molecule has 1 aromatic carbocycles. The van der Waals surface area contributed by atoms with Crippen molar-refractivity contribution in [2.75, 3.05) is 5.32 Å². The summed E-state index contributed by atoms with van der Waals surface area (Å²) in [6.45, 7) is 2.57. The molecule has 0 spiro atoms. The molecule has 0 unspecified atom stereocenters. The van der Waals surface area contributed by atoms with Gasteiger partial charge in [0.1, 0.15) is 11.5 Å². The molecule has 0 aliphatic rings. The van der Waals surface area contributed by atoms with Crippen molar-refractivity contribution in [2.45, 2.75) is 31.5 Å². The molecule has 2 N–H and O–H groups in total. The first-order chi connectivity index (χ1) is 11.0. The average Bonchev–Trinajstić information content (AvgIpc) is 2.93. The normalized spacial score (nSPS) is 11.0. The average molecular weight is 340 g/mol. The minimum absolute atomic E-state index is 0.111. The van der Waals surface area contributed by atoms with Gasteiger partial charge in [0.25, 0.3) is 5.76 Å². The minimum atomic E-state index is -2.39. The van der Waals surface area contributed by atoms with Gasteiger partial charge < -0.3 is 15.1 Å². The van der Waals surface area contributed by atoms with E-state index in [1.807, 2.05) is 24.3 Å². The molecule has 0 fully saturated rings. The zero-order chi connectivity index (χ0) is 16.7. The van der Waals surface area contributed by atoms with Crippen LogP contribution in [0.15, 0.2) is 40.8 Å². The van der Waals surface area contributed by atoms with Crippen LogP contribution in [-0.2, 0) is 23.6 Å². The molecule has 0 radical (unpaired) electrons. The van der Waals surface area contributed by atoms with Gasteiger partial charge in [-0.25, -0.2) is 0 Å². The molecule has 0 bridgehead atoms. The fourth-order valence-corrected chi connectivity index (χ4v) is 2.48. The zero-order valence-electron chi connectivity index (χ0n) is 12.6. The molecule has 7 heteroatoms. The van der Waals surface area contributed by atoms with Gasteiger partial charge in [-0.2, -0.15) is 8.78 Å². The van der Waals surface area contributed by atoms with Gasteiger partial charge in [0.05, 0.1) is 12.3 Å². The quantitative estimate of drug-likeness (QED) is 0.763. The summed E-state index contributed by atoms with van der Waals surface area (Å²) in [4.78, 5) is 11.0. The summed E-state index contributed by atoms with van der Waals surface area (Å²) in [7, 11) is 0. The molecule has 1 amide bonds. The fraction of sp³-hybridized carbons (Fsp3) is 0.312. The van der Waals surface area contributed by atoms with Gasteiger partial charge in [0.2, 0.25) is 5.91 Å². The number of furan rings is 1. The molecule has 124 valence electrons. The monoisotopic (exact) mass is 340 g/mol. The van der Waals surface area contributed by atoms with E-state index in [4.69, 9.17) is 4.42 Å².